The zero-order valence-corrected chi connectivity index (χ0v) is 22.6. The predicted octanol–water partition coefficient (Wildman–Crippen LogP) is -2.27. The Hall–Kier alpha value is -1.93. The lowest BCUT2D eigenvalue weighted by molar-refractivity contribution is -0.132. The van der Waals surface area contributed by atoms with E-state index >= 15 is 0 Å². The van der Waals surface area contributed by atoms with E-state index in [2.05, 4.69) is 38.7 Å². The van der Waals surface area contributed by atoms with Gasteiger partial charge in [-0.1, -0.05) is 0 Å². The second kappa shape index (κ2) is 12.7. The number of imidazole rings is 1. The molecule has 1 saturated heterocycles. The van der Waals surface area contributed by atoms with Crippen LogP contribution in [0.25, 0.3) is 11.2 Å². The van der Waals surface area contributed by atoms with Crippen molar-refractivity contribution in [2.24, 2.45) is 0 Å². The van der Waals surface area contributed by atoms with Crippen molar-refractivity contribution in [1.29, 1.82) is 0 Å². The van der Waals surface area contributed by atoms with Gasteiger partial charge in [0.15, 0.2) is 17.7 Å². The highest BCUT2D eigenvalue weighted by molar-refractivity contribution is 7.66. The summed E-state index contributed by atoms with van der Waals surface area (Å²) in [4.78, 5) is 60.4. The third-order valence-electron chi connectivity index (χ3n) is 4.90. The second-order valence-electron chi connectivity index (χ2n) is 7.75. The Balaban J connectivity index is 1.77. The van der Waals surface area contributed by atoms with Crippen LogP contribution in [0.5, 0.6) is 0 Å². The number of nitrogen functional groups attached to an aromatic ring is 1. The van der Waals surface area contributed by atoms with E-state index in [4.69, 9.17) is 25.0 Å². The lowest BCUT2D eigenvalue weighted by atomic mass is 10.1. The van der Waals surface area contributed by atoms with Crippen molar-refractivity contribution in [1.82, 2.24) is 30.2 Å². The van der Waals surface area contributed by atoms with Gasteiger partial charge in [-0.3, -0.25) is 13.9 Å². The molecule has 2 aromatic heterocycles. The van der Waals surface area contributed by atoms with Gasteiger partial charge < -0.3 is 50.5 Å². The molecule has 9 N–H and O–H groups in total. The monoisotopic (exact) mass is 621 g/mol. The fourth-order valence-electron chi connectivity index (χ4n) is 3.34. The second-order valence-corrected chi connectivity index (χ2v) is 12.2. The standard InChI is InChI=1S/C15H26N7O14P3/c1-17-2-3-18-9(23)5-32-12-11(24)8(4-33-38(28,29)36-39(30,31)35-37(25,26)27)34-15(12)22-7-21-10-13(16)19-6-20-14(10)22/h6-8,11-12,15,17,24H,2-5H2,1H3,(H,18,23)(H,28,29)(H,30,31)(H2,16,19,20)(H2,25,26,27)/t8-,11?,12+,15-/m1/s1. The van der Waals surface area contributed by atoms with Gasteiger partial charge in [0, 0.05) is 13.1 Å². The maximum atomic E-state index is 12.1. The van der Waals surface area contributed by atoms with Crippen LogP contribution in [-0.4, -0.2) is 102 Å². The molecule has 1 aliphatic heterocycles. The first-order chi connectivity index (χ1) is 18.1. The minimum absolute atomic E-state index is 0.0304. The van der Waals surface area contributed by atoms with Crippen LogP contribution in [0.15, 0.2) is 12.7 Å². The molecule has 0 bridgehead atoms. The number of rotatable bonds is 14. The number of nitrogens with one attached hydrogen (secondary N) is 2. The number of carbonyl (C=O) groups is 1. The van der Waals surface area contributed by atoms with E-state index in [1.54, 1.807) is 7.05 Å². The summed E-state index contributed by atoms with van der Waals surface area (Å²) in [6, 6.07) is 0. The summed E-state index contributed by atoms with van der Waals surface area (Å²) in [6.45, 7) is -0.734. The van der Waals surface area contributed by atoms with Crippen LogP contribution in [0.2, 0.25) is 0 Å². The average molecular weight is 621 g/mol. The minimum atomic E-state index is -5.76. The van der Waals surface area contributed by atoms with Crippen LogP contribution in [0.4, 0.5) is 5.82 Å². The van der Waals surface area contributed by atoms with E-state index in [1.165, 1.54) is 10.9 Å². The summed E-state index contributed by atoms with van der Waals surface area (Å²) in [5.41, 5.74) is 6.13. The number of amides is 1. The molecule has 0 aliphatic carbocycles. The summed E-state index contributed by atoms with van der Waals surface area (Å²) in [6.07, 6.45) is -3.31. The number of phosphoric ester groups is 1. The van der Waals surface area contributed by atoms with E-state index in [9.17, 15) is 33.4 Å². The van der Waals surface area contributed by atoms with Gasteiger partial charge in [-0.2, -0.15) is 8.62 Å². The Morgan fingerprint density at radius 2 is 1.85 bits per heavy atom. The fraction of sp³-hybridized carbons (Fsp3) is 0.600. The molecule has 39 heavy (non-hydrogen) atoms. The highest BCUT2D eigenvalue weighted by Gasteiger charge is 2.48. The van der Waals surface area contributed by atoms with E-state index in [0.717, 1.165) is 6.33 Å². The maximum absolute atomic E-state index is 12.1. The van der Waals surface area contributed by atoms with Crippen LogP contribution >= 0.6 is 23.5 Å². The molecule has 2 aromatic rings. The van der Waals surface area contributed by atoms with Gasteiger partial charge in [0.1, 0.15) is 36.8 Å². The highest BCUT2D eigenvalue weighted by atomic mass is 31.3. The first kappa shape index (κ1) is 31.6. The number of aliphatic hydroxyl groups is 1. The Bertz CT molecular complexity index is 1310. The zero-order valence-electron chi connectivity index (χ0n) is 19.9. The molecule has 1 fully saturated rings. The van der Waals surface area contributed by atoms with Crippen molar-refractivity contribution in [2.45, 2.75) is 24.5 Å². The molecule has 24 heteroatoms. The van der Waals surface area contributed by atoms with Gasteiger partial charge in [-0.15, -0.1) is 0 Å². The molecular weight excluding hydrogens is 595 g/mol. The first-order valence-corrected chi connectivity index (χ1v) is 15.2. The van der Waals surface area contributed by atoms with Gasteiger partial charge in [-0.05, 0) is 7.05 Å². The van der Waals surface area contributed by atoms with Gasteiger partial charge in [0.05, 0.1) is 12.9 Å². The summed E-state index contributed by atoms with van der Waals surface area (Å²) in [5, 5.41) is 16.3. The van der Waals surface area contributed by atoms with Crippen molar-refractivity contribution in [3.63, 3.8) is 0 Å². The highest BCUT2D eigenvalue weighted by Crippen LogP contribution is 2.66. The number of nitrogens with two attached hydrogens (primary N) is 1. The van der Waals surface area contributed by atoms with E-state index < -0.39 is 67.1 Å². The number of fused-ring (bicyclic) bond motifs is 1. The Labute approximate surface area is 219 Å². The smallest absolute Gasteiger partial charge is 0.387 e. The van der Waals surface area contributed by atoms with Crippen LogP contribution < -0.4 is 16.4 Å². The zero-order chi connectivity index (χ0) is 29.0. The molecule has 3 unspecified atom stereocenters. The van der Waals surface area contributed by atoms with Crippen molar-refractivity contribution in [3.8, 4) is 0 Å². The molecule has 0 aromatic carbocycles. The topological polar surface area (TPSA) is 309 Å². The number of phosphoric acid groups is 3. The first-order valence-electron chi connectivity index (χ1n) is 10.7. The molecule has 3 heterocycles. The van der Waals surface area contributed by atoms with Gasteiger partial charge >= 0.3 is 23.5 Å². The largest absolute Gasteiger partial charge is 0.490 e. The Morgan fingerprint density at radius 1 is 1.13 bits per heavy atom. The van der Waals surface area contributed by atoms with Crippen LogP contribution in [0.3, 0.4) is 0 Å². The maximum Gasteiger partial charge on any atom is 0.490 e. The molecule has 1 amide bonds. The minimum Gasteiger partial charge on any atom is -0.387 e. The molecule has 0 radical (unpaired) electrons. The van der Waals surface area contributed by atoms with Crippen LogP contribution in [0, 0.1) is 0 Å². The third-order valence-corrected chi connectivity index (χ3v) is 8.70. The molecule has 21 nitrogen and oxygen atoms in total. The number of ether oxygens (including phenoxy) is 2. The number of carbonyl (C=O) groups excluding carboxylic acids is 1. The lowest BCUT2D eigenvalue weighted by Gasteiger charge is -2.22. The lowest BCUT2D eigenvalue weighted by Crippen LogP contribution is -2.39. The molecule has 0 spiro atoms. The van der Waals surface area contributed by atoms with E-state index in [-0.39, 0.29) is 23.5 Å². The predicted molar refractivity (Wildman–Crippen MR) is 126 cm³/mol. The molecule has 0 saturated carbocycles. The fourth-order valence-corrected chi connectivity index (χ4v) is 6.37. The van der Waals surface area contributed by atoms with Crippen molar-refractivity contribution < 1.29 is 65.8 Å². The van der Waals surface area contributed by atoms with Crippen molar-refractivity contribution >= 4 is 46.4 Å². The van der Waals surface area contributed by atoms with Gasteiger partial charge in [-0.25, -0.2) is 28.6 Å². The summed E-state index contributed by atoms with van der Waals surface area (Å²) in [7, 11) is -15.2. The molecule has 1 aliphatic rings. The number of anilines is 1. The Kier molecular flexibility index (Phi) is 10.3. The summed E-state index contributed by atoms with van der Waals surface area (Å²) in [5.74, 6) is -0.502. The number of hydrogen-bond acceptors (Lipinski definition) is 15. The average Bonchev–Trinajstić information content (AvgIpc) is 3.36. The van der Waals surface area contributed by atoms with E-state index in [0.29, 0.717) is 6.54 Å². The SMILES string of the molecule is CNCCNC(=O)CO[C@H]1C(O)[C@@H](COP(=O)(O)OP(=O)(O)OP(=O)(O)O)O[C@H]1n1cnc2c(N)ncnc21. The van der Waals surface area contributed by atoms with Crippen LogP contribution in [-0.2, 0) is 41.1 Å². The number of aliphatic hydroxyl groups excluding tert-OH is 1. The number of hydrogen-bond donors (Lipinski definition) is 8. The van der Waals surface area contributed by atoms with Crippen molar-refractivity contribution in [3.05, 3.63) is 12.7 Å². The number of aromatic nitrogens is 4. The van der Waals surface area contributed by atoms with Crippen LogP contribution in [0.1, 0.15) is 6.23 Å². The quantitative estimate of drug-likeness (QED) is 0.0814. The Morgan fingerprint density at radius 3 is 2.51 bits per heavy atom. The summed E-state index contributed by atoms with van der Waals surface area (Å²) >= 11 is 0. The molecule has 3 rings (SSSR count). The summed E-state index contributed by atoms with van der Waals surface area (Å²) < 4.78 is 58.9. The molecule has 6 atom stereocenters. The van der Waals surface area contributed by atoms with Crippen molar-refractivity contribution in [2.75, 3.05) is 39.1 Å². The van der Waals surface area contributed by atoms with E-state index in [1.807, 2.05) is 0 Å². The van der Waals surface area contributed by atoms with Gasteiger partial charge in [0.2, 0.25) is 5.91 Å². The normalized spacial score (nSPS) is 24.9. The molecular formula is C15H26N7O14P3. The number of likely N-dealkylation sites (N-methyl/N-ethyl adjacent to an activating group) is 1. The number of nitrogens with zero attached hydrogens (tertiary/aromatic N) is 4. The van der Waals surface area contributed by atoms with Gasteiger partial charge in [0.25, 0.3) is 0 Å². The molecule has 220 valence electrons. The third kappa shape index (κ3) is 8.78.